The number of rotatable bonds is 7. The summed E-state index contributed by atoms with van der Waals surface area (Å²) in [4.78, 5) is 24.1. The van der Waals surface area contributed by atoms with Gasteiger partial charge in [-0.05, 0) is 43.7 Å². The molecule has 0 aliphatic rings. The standard InChI is InChI=1S/C19H22N2O3/c1-3-12-20-18(22)14(2)21-19(23)15-8-7-11-17(13-15)24-16-9-5-4-6-10-16/h4-11,13-14H,3,12H2,1-2H3,(H,20,22)(H,21,23). The normalized spacial score (nSPS) is 11.4. The van der Waals surface area contributed by atoms with Gasteiger partial charge in [-0.2, -0.15) is 0 Å². The molecule has 5 heteroatoms. The van der Waals surface area contributed by atoms with E-state index in [0.717, 1.165) is 6.42 Å². The van der Waals surface area contributed by atoms with E-state index in [0.29, 0.717) is 23.6 Å². The summed E-state index contributed by atoms with van der Waals surface area (Å²) < 4.78 is 5.72. The van der Waals surface area contributed by atoms with Gasteiger partial charge in [-0.15, -0.1) is 0 Å². The Morgan fingerprint density at radius 3 is 2.46 bits per heavy atom. The van der Waals surface area contributed by atoms with Crippen molar-refractivity contribution in [1.29, 1.82) is 0 Å². The molecule has 2 aromatic rings. The van der Waals surface area contributed by atoms with Gasteiger partial charge >= 0.3 is 0 Å². The SMILES string of the molecule is CCCNC(=O)C(C)NC(=O)c1cccc(Oc2ccccc2)c1. The number of nitrogens with one attached hydrogen (secondary N) is 2. The molecule has 0 saturated heterocycles. The first-order valence-electron chi connectivity index (χ1n) is 8.01. The van der Waals surface area contributed by atoms with Crippen molar-refractivity contribution in [2.75, 3.05) is 6.54 Å². The van der Waals surface area contributed by atoms with Crippen LogP contribution in [0.5, 0.6) is 11.5 Å². The Morgan fingerprint density at radius 2 is 1.75 bits per heavy atom. The minimum absolute atomic E-state index is 0.193. The predicted octanol–water partition coefficient (Wildman–Crippen LogP) is 3.12. The van der Waals surface area contributed by atoms with Crippen LogP contribution >= 0.6 is 0 Å². The fourth-order valence-electron chi connectivity index (χ4n) is 2.07. The summed E-state index contributed by atoms with van der Waals surface area (Å²) in [6, 6.07) is 15.6. The molecule has 0 radical (unpaired) electrons. The maximum Gasteiger partial charge on any atom is 0.252 e. The summed E-state index contributed by atoms with van der Waals surface area (Å²) in [5.41, 5.74) is 0.443. The Bertz CT molecular complexity index is 686. The van der Waals surface area contributed by atoms with Crippen LogP contribution in [-0.4, -0.2) is 24.4 Å². The lowest BCUT2D eigenvalue weighted by molar-refractivity contribution is -0.122. The van der Waals surface area contributed by atoms with Gasteiger partial charge in [0.05, 0.1) is 0 Å². The van der Waals surface area contributed by atoms with Gasteiger partial charge in [0, 0.05) is 12.1 Å². The highest BCUT2D eigenvalue weighted by atomic mass is 16.5. The fraction of sp³-hybridized carbons (Fsp3) is 0.263. The molecular weight excluding hydrogens is 304 g/mol. The van der Waals surface area contributed by atoms with Crippen LogP contribution in [0.1, 0.15) is 30.6 Å². The molecule has 126 valence electrons. The Hall–Kier alpha value is -2.82. The van der Waals surface area contributed by atoms with E-state index in [1.54, 1.807) is 31.2 Å². The molecule has 2 amide bonds. The predicted molar refractivity (Wildman–Crippen MR) is 93.2 cm³/mol. The van der Waals surface area contributed by atoms with Crippen LogP contribution in [0.3, 0.4) is 0 Å². The fourth-order valence-corrected chi connectivity index (χ4v) is 2.07. The smallest absolute Gasteiger partial charge is 0.252 e. The van der Waals surface area contributed by atoms with Gasteiger partial charge in [0.25, 0.3) is 5.91 Å². The molecule has 2 aromatic carbocycles. The monoisotopic (exact) mass is 326 g/mol. The number of carbonyl (C=O) groups is 2. The van der Waals surface area contributed by atoms with Crippen LogP contribution < -0.4 is 15.4 Å². The highest BCUT2D eigenvalue weighted by Gasteiger charge is 2.16. The van der Waals surface area contributed by atoms with Crippen LogP contribution in [-0.2, 0) is 4.79 Å². The van der Waals surface area contributed by atoms with Crippen LogP contribution in [0.4, 0.5) is 0 Å². The maximum atomic E-state index is 12.3. The lowest BCUT2D eigenvalue weighted by Gasteiger charge is -2.14. The van der Waals surface area contributed by atoms with Gasteiger partial charge in [-0.3, -0.25) is 9.59 Å². The maximum absolute atomic E-state index is 12.3. The van der Waals surface area contributed by atoms with Crippen molar-refractivity contribution in [1.82, 2.24) is 10.6 Å². The lowest BCUT2D eigenvalue weighted by Crippen LogP contribution is -2.44. The van der Waals surface area contributed by atoms with E-state index in [2.05, 4.69) is 10.6 Å². The molecule has 1 atom stereocenters. The molecule has 1 unspecified atom stereocenters. The number of hydrogen-bond acceptors (Lipinski definition) is 3. The number of para-hydroxylation sites is 1. The number of hydrogen-bond donors (Lipinski definition) is 2. The van der Waals surface area contributed by atoms with E-state index in [1.165, 1.54) is 0 Å². The zero-order chi connectivity index (χ0) is 17.4. The molecule has 0 heterocycles. The van der Waals surface area contributed by atoms with Gasteiger partial charge in [0.1, 0.15) is 17.5 Å². The van der Waals surface area contributed by atoms with Crippen molar-refractivity contribution in [2.45, 2.75) is 26.3 Å². The van der Waals surface area contributed by atoms with Crippen molar-refractivity contribution in [3.63, 3.8) is 0 Å². The van der Waals surface area contributed by atoms with Crippen LogP contribution in [0.15, 0.2) is 54.6 Å². The number of benzene rings is 2. The van der Waals surface area contributed by atoms with Crippen molar-refractivity contribution in [3.8, 4) is 11.5 Å². The van der Waals surface area contributed by atoms with Crippen molar-refractivity contribution >= 4 is 11.8 Å². The van der Waals surface area contributed by atoms with Gasteiger partial charge in [-0.1, -0.05) is 31.2 Å². The Kier molecular flexibility index (Phi) is 6.37. The summed E-state index contributed by atoms with van der Waals surface area (Å²) in [6.07, 6.45) is 0.852. The molecular formula is C19H22N2O3. The summed E-state index contributed by atoms with van der Waals surface area (Å²) in [5.74, 6) is 0.758. The molecule has 0 fully saturated rings. The molecule has 0 aliphatic heterocycles. The third kappa shape index (κ3) is 5.12. The minimum atomic E-state index is -0.595. The Balaban J connectivity index is 2.00. The van der Waals surface area contributed by atoms with E-state index in [9.17, 15) is 9.59 Å². The van der Waals surface area contributed by atoms with Crippen LogP contribution in [0.25, 0.3) is 0 Å². The third-order valence-electron chi connectivity index (χ3n) is 3.37. The Morgan fingerprint density at radius 1 is 1.04 bits per heavy atom. The van der Waals surface area contributed by atoms with Crippen LogP contribution in [0, 0.1) is 0 Å². The highest BCUT2D eigenvalue weighted by Crippen LogP contribution is 2.21. The second-order valence-corrected chi connectivity index (χ2v) is 5.43. The number of amides is 2. The topological polar surface area (TPSA) is 67.4 Å². The van der Waals surface area contributed by atoms with Gasteiger partial charge in [0.15, 0.2) is 0 Å². The minimum Gasteiger partial charge on any atom is -0.457 e. The highest BCUT2D eigenvalue weighted by molar-refractivity contribution is 5.97. The summed E-state index contributed by atoms with van der Waals surface area (Å²) in [5, 5.41) is 5.44. The summed E-state index contributed by atoms with van der Waals surface area (Å²) >= 11 is 0. The van der Waals surface area contributed by atoms with Crippen LogP contribution in [0.2, 0.25) is 0 Å². The molecule has 0 bridgehead atoms. The zero-order valence-corrected chi connectivity index (χ0v) is 13.9. The first-order valence-corrected chi connectivity index (χ1v) is 8.01. The van der Waals surface area contributed by atoms with E-state index in [-0.39, 0.29) is 11.8 Å². The van der Waals surface area contributed by atoms with E-state index in [1.807, 2.05) is 37.3 Å². The van der Waals surface area contributed by atoms with E-state index in [4.69, 9.17) is 4.74 Å². The van der Waals surface area contributed by atoms with Crippen molar-refractivity contribution in [3.05, 3.63) is 60.2 Å². The quantitative estimate of drug-likeness (QED) is 0.821. The zero-order valence-electron chi connectivity index (χ0n) is 13.9. The van der Waals surface area contributed by atoms with Gasteiger partial charge in [0.2, 0.25) is 5.91 Å². The molecule has 0 saturated carbocycles. The second kappa shape index (κ2) is 8.72. The van der Waals surface area contributed by atoms with E-state index >= 15 is 0 Å². The average molecular weight is 326 g/mol. The summed E-state index contributed by atoms with van der Waals surface area (Å²) in [7, 11) is 0. The van der Waals surface area contributed by atoms with Gasteiger partial charge < -0.3 is 15.4 Å². The number of carbonyl (C=O) groups excluding carboxylic acids is 2. The second-order valence-electron chi connectivity index (χ2n) is 5.43. The van der Waals surface area contributed by atoms with E-state index < -0.39 is 6.04 Å². The van der Waals surface area contributed by atoms with Crippen molar-refractivity contribution in [2.24, 2.45) is 0 Å². The molecule has 24 heavy (non-hydrogen) atoms. The first kappa shape index (κ1) is 17.5. The van der Waals surface area contributed by atoms with Gasteiger partial charge in [-0.25, -0.2) is 0 Å². The lowest BCUT2D eigenvalue weighted by atomic mass is 10.2. The molecule has 2 rings (SSSR count). The first-order chi connectivity index (χ1) is 11.6. The Labute approximate surface area is 142 Å². The molecule has 0 aromatic heterocycles. The molecule has 5 nitrogen and oxygen atoms in total. The summed E-state index contributed by atoms with van der Waals surface area (Å²) in [6.45, 7) is 4.23. The largest absolute Gasteiger partial charge is 0.457 e. The molecule has 0 spiro atoms. The van der Waals surface area contributed by atoms with Crippen molar-refractivity contribution < 1.29 is 14.3 Å². The third-order valence-corrected chi connectivity index (χ3v) is 3.37. The number of ether oxygens (including phenoxy) is 1. The molecule has 0 aliphatic carbocycles. The molecule has 2 N–H and O–H groups in total. The average Bonchev–Trinajstić information content (AvgIpc) is 2.60.